The van der Waals surface area contributed by atoms with Crippen LogP contribution in [0.1, 0.15) is 30.5 Å². The van der Waals surface area contributed by atoms with Crippen molar-refractivity contribution >= 4 is 11.5 Å². The average molecular weight is 340 g/mol. The standard InChI is InChI=1S/C21H24O4/c1-6-17-13-18(23-4)8-9-19(17)14(2)11-16-7-10-20(24-5)21(12-16)25-15(3)22/h7-10,12-13H,2,6,11H2,1,3-5H3. The lowest BCUT2D eigenvalue weighted by Crippen LogP contribution is -2.04. The molecule has 0 aromatic heterocycles. The Kier molecular flexibility index (Phi) is 6.23. The molecule has 0 saturated carbocycles. The van der Waals surface area contributed by atoms with E-state index >= 15 is 0 Å². The van der Waals surface area contributed by atoms with Gasteiger partial charge in [0.15, 0.2) is 11.5 Å². The normalized spacial score (nSPS) is 10.2. The van der Waals surface area contributed by atoms with Gasteiger partial charge in [0, 0.05) is 6.92 Å². The zero-order chi connectivity index (χ0) is 18.4. The van der Waals surface area contributed by atoms with Crippen molar-refractivity contribution in [2.45, 2.75) is 26.7 Å². The largest absolute Gasteiger partial charge is 0.497 e. The minimum atomic E-state index is -0.377. The molecule has 0 N–H and O–H groups in total. The minimum absolute atomic E-state index is 0.377. The Morgan fingerprint density at radius 3 is 2.40 bits per heavy atom. The fourth-order valence-corrected chi connectivity index (χ4v) is 2.74. The van der Waals surface area contributed by atoms with Crippen LogP contribution in [0.3, 0.4) is 0 Å². The highest BCUT2D eigenvalue weighted by atomic mass is 16.6. The van der Waals surface area contributed by atoms with Crippen LogP contribution in [0.15, 0.2) is 43.0 Å². The van der Waals surface area contributed by atoms with Gasteiger partial charge >= 0.3 is 5.97 Å². The van der Waals surface area contributed by atoms with Gasteiger partial charge in [-0.05, 0) is 59.4 Å². The van der Waals surface area contributed by atoms with Crippen molar-refractivity contribution in [2.75, 3.05) is 14.2 Å². The smallest absolute Gasteiger partial charge is 0.308 e. The molecule has 0 radical (unpaired) electrons. The molecule has 0 amide bonds. The highest BCUT2D eigenvalue weighted by Crippen LogP contribution is 2.31. The SMILES string of the molecule is C=C(Cc1ccc(OC)c(OC(C)=O)c1)c1ccc(OC)cc1CC. The molecule has 2 aromatic carbocycles. The Labute approximate surface area is 149 Å². The Hall–Kier alpha value is -2.75. The van der Waals surface area contributed by atoms with Crippen molar-refractivity contribution in [3.8, 4) is 17.2 Å². The Balaban J connectivity index is 2.27. The monoisotopic (exact) mass is 340 g/mol. The molecule has 0 heterocycles. The molecule has 0 aliphatic rings. The lowest BCUT2D eigenvalue weighted by Gasteiger charge is -2.14. The molecule has 2 rings (SSSR count). The van der Waals surface area contributed by atoms with E-state index in [2.05, 4.69) is 13.5 Å². The van der Waals surface area contributed by atoms with Gasteiger partial charge in [-0.2, -0.15) is 0 Å². The van der Waals surface area contributed by atoms with E-state index < -0.39 is 0 Å². The van der Waals surface area contributed by atoms with E-state index in [4.69, 9.17) is 14.2 Å². The first kappa shape index (κ1) is 18.6. The van der Waals surface area contributed by atoms with Gasteiger partial charge in [0.05, 0.1) is 14.2 Å². The van der Waals surface area contributed by atoms with Gasteiger partial charge in [-0.15, -0.1) is 0 Å². The fraction of sp³-hybridized carbons (Fsp3) is 0.286. The van der Waals surface area contributed by atoms with Crippen LogP contribution in [-0.4, -0.2) is 20.2 Å². The summed E-state index contributed by atoms with van der Waals surface area (Å²) in [5.41, 5.74) is 4.31. The summed E-state index contributed by atoms with van der Waals surface area (Å²) in [6, 6.07) is 11.6. The van der Waals surface area contributed by atoms with Crippen LogP contribution in [-0.2, 0) is 17.6 Å². The van der Waals surface area contributed by atoms with Crippen LogP contribution in [0.5, 0.6) is 17.2 Å². The number of rotatable bonds is 7. The third kappa shape index (κ3) is 4.63. The van der Waals surface area contributed by atoms with Crippen LogP contribution < -0.4 is 14.2 Å². The maximum Gasteiger partial charge on any atom is 0.308 e. The number of aryl methyl sites for hydroxylation is 1. The number of ether oxygens (including phenoxy) is 3. The highest BCUT2D eigenvalue weighted by molar-refractivity contribution is 5.72. The molecular weight excluding hydrogens is 316 g/mol. The molecule has 0 aliphatic carbocycles. The number of hydrogen-bond acceptors (Lipinski definition) is 4. The number of methoxy groups -OCH3 is 2. The van der Waals surface area contributed by atoms with Crippen LogP contribution >= 0.6 is 0 Å². The maximum absolute atomic E-state index is 11.3. The van der Waals surface area contributed by atoms with Gasteiger partial charge in [-0.3, -0.25) is 4.79 Å². The summed E-state index contributed by atoms with van der Waals surface area (Å²) in [5.74, 6) is 1.42. The summed E-state index contributed by atoms with van der Waals surface area (Å²) in [5, 5.41) is 0. The lowest BCUT2D eigenvalue weighted by atomic mass is 9.94. The first-order valence-electron chi connectivity index (χ1n) is 8.18. The third-order valence-electron chi connectivity index (χ3n) is 3.97. The first-order valence-corrected chi connectivity index (χ1v) is 8.18. The zero-order valence-corrected chi connectivity index (χ0v) is 15.2. The van der Waals surface area contributed by atoms with E-state index in [-0.39, 0.29) is 5.97 Å². The van der Waals surface area contributed by atoms with Gasteiger partial charge in [-0.1, -0.05) is 25.6 Å². The molecule has 4 nitrogen and oxygen atoms in total. The predicted molar refractivity (Wildman–Crippen MR) is 99.4 cm³/mol. The molecule has 0 unspecified atom stereocenters. The summed E-state index contributed by atoms with van der Waals surface area (Å²) in [6.07, 6.45) is 1.55. The summed E-state index contributed by atoms with van der Waals surface area (Å²) in [7, 11) is 3.21. The van der Waals surface area contributed by atoms with Crippen LogP contribution in [0.25, 0.3) is 5.57 Å². The second kappa shape index (κ2) is 8.38. The van der Waals surface area contributed by atoms with Crippen molar-refractivity contribution in [1.82, 2.24) is 0 Å². The third-order valence-corrected chi connectivity index (χ3v) is 3.97. The van der Waals surface area contributed by atoms with E-state index in [9.17, 15) is 4.79 Å². The summed E-state index contributed by atoms with van der Waals surface area (Å²) in [6.45, 7) is 7.72. The number of allylic oxidation sites excluding steroid dienone is 1. The minimum Gasteiger partial charge on any atom is -0.497 e. The topological polar surface area (TPSA) is 44.8 Å². The van der Waals surface area contributed by atoms with Gasteiger partial charge < -0.3 is 14.2 Å². The van der Waals surface area contributed by atoms with Crippen LogP contribution in [0.2, 0.25) is 0 Å². The summed E-state index contributed by atoms with van der Waals surface area (Å²) in [4.78, 5) is 11.3. The quantitative estimate of drug-likeness (QED) is 0.552. The van der Waals surface area contributed by atoms with Crippen molar-refractivity contribution in [2.24, 2.45) is 0 Å². The average Bonchev–Trinajstić information content (AvgIpc) is 2.60. The van der Waals surface area contributed by atoms with Crippen LogP contribution in [0.4, 0.5) is 0 Å². The highest BCUT2D eigenvalue weighted by Gasteiger charge is 2.11. The van der Waals surface area contributed by atoms with E-state index in [1.165, 1.54) is 12.5 Å². The second-order valence-corrected chi connectivity index (χ2v) is 5.74. The fourth-order valence-electron chi connectivity index (χ4n) is 2.74. The molecule has 0 atom stereocenters. The van der Waals surface area contributed by atoms with E-state index in [0.29, 0.717) is 17.9 Å². The molecule has 0 spiro atoms. The number of esters is 1. The van der Waals surface area contributed by atoms with Crippen molar-refractivity contribution in [1.29, 1.82) is 0 Å². The van der Waals surface area contributed by atoms with Gasteiger partial charge in [0.1, 0.15) is 5.75 Å². The Morgan fingerprint density at radius 1 is 1.04 bits per heavy atom. The summed E-state index contributed by atoms with van der Waals surface area (Å²) >= 11 is 0. The number of hydrogen-bond donors (Lipinski definition) is 0. The van der Waals surface area contributed by atoms with Crippen molar-refractivity contribution in [3.63, 3.8) is 0 Å². The predicted octanol–water partition coefficient (Wildman–Crippen LogP) is 4.45. The van der Waals surface area contributed by atoms with Crippen molar-refractivity contribution in [3.05, 3.63) is 59.7 Å². The molecule has 2 aromatic rings. The molecule has 132 valence electrons. The van der Waals surface area contributed by atoms with Crippen LogP contribution in [0, 0.1) is 0 Å². The number of benzene rings is 2. The van der Waals surface area contributed by atoms with E-state index in [0.717, 1.165) is 28.9 Å². The van der Waals surface area contributed by atoms with E-state index in [1.54, 1.807) is 20.3 Å². The molecule has 4 heteroatoms. The first-order chi connectivity index (χ1) is 12.0. The van der Waals surface area contributed by atoms with E-state index in [1.807, 2.05) is 30.3 Å². The summed E-state index contributed by atoms with van der Waals surface area (Å²) < 4.78 is 15.8. The van der Waals surface area contributed by atoms with Gasteiger partial charge in [0.2, 0.25) is 0 Å². The number of carbonyl (C=O) groups is 1. The number of carbonyl (C=O) groups excluding carboxylic acids is 1. The Morgan fingerprint density at radius 2 is 1.80 bits per heavy atom. The molecular formula is C21H24O4. The van der Waals surface area contributed by atoms with Gasteiger partial charge in [-0.25, -0.2) is 0 Å². The van der Waals surface area contributed by atoms with Crippen molar-refractivity contribution < 1.29 is 19.0 Å². The molecule has 0 aliphatic heterocycles. The second-order valence-electron chi connectivity index (χ2n) is 5.74. The molecule has 0 saturated heterocycles. The Bertz CT molecular complexity index is 777. The molecule has 0 fully saturated rings. The van der Waals surface area contributed by atoms with Gasteiger partial charge in [0.25, 0.3) is 0 Å². The zero-order valence-electron chi connectivity index (χ0n) is 15.2. The molecule has 0 bridgehead atoms. The lowest BCUT2D eigenvalue weighted by molar-refractivity contribution is -0.132. The molecule has 25 heavy (non-hydrogen) atoms. The maximum atomic E-state index is 11.3.